The Hall–Kier alpha value is -2.29. The molecule has 132 valence electrons. The van der Waals surface area contributed by atoms with Crippen molar-refractivity contribution in [2.45, 2.75) is 19.6 Å². The van der Waals surface area contributed by atoms with Gasteiger partial charge in [-0.1, -0.05) is 17.7 Å². The zero-order valence-corrected chi connectivity index (χ0v) is 15.0. The molecule has 4 heterocycles. The number of thiophene rings is 1. The van der Waals surface area contributed by atoms with Gasteiger partial charge in [0.25, 0.3) is 0 Å². The predicted octanol–water partition coefficient (Wildman–Crippen LogP) is 3.02. The van der Waals surface area contributed by atoms with Gasteiger partial charge >= 0.3 is 5.69 Å². The number of halogens is 2. The number of hydrogen-bond acceptors (Lipinski definition) is 5. The van der Waals surface area contributed by atoms with Gasteiger partial charge in [-0.15, -0.1) is 11.3 Å². The molecule has 0 amide bonds. The number of fused-ring (bicyclic) bond motifs is 5. The van der Waals surface area contributed by atoms with Crippen LogP contribution in [-0.4, -0.2) is 25.8 Å². The molecule has 0 radical (unpaired) electrons. The number of aromatic nitrogens is 4. The SMILES string of the molecule is O=c1n(Cc2ccc(Cl)cc2F)c2sc3c(c2c2ncnn12)CCOC3. The van der Waals surface area contributed by atoms with E-state index < -0.39 is 5.82 Å². The number of benzene rings is 1. The van der Waals surface area contributed by atoms with Gasteiger partial charge < -0.3 is 4.74 Å². The molecule has 0 saturated carbocycles. The topological polar surface area (TPSA) is 61.4 Å². The molecule has 1 aliphatic heterocycles. The van der Waals surface area contributed by atoms with Crippen LogP contribution in [0.1, 0.15) is 16.0 Å². The zero-order valence-electron chi connectivity index (χ0n) is 13.4. The average Bonchev–Trinajstić information content (AvgIpc) is 3.24. The molecule has 26 heavy (non-hydrogen) atoms. The lowest BCUT2D eigenvalue weighted by atomic mass is 10.1. The molecule has 0 fully saturated rings. The van der Waals surface area contributed by atoms with E-state index in [1.54, 1.807) is 16.7 Å². The van der Waals surface area contributed by atoms with E-state index in [4.69, 9.17) is 16.3 Å². The monoisotopic (exact) mass is 390 g/mol. The van der Waals surface area contributed by atoms with E-state index in [9.17, 15) is 9.18 Å². The second-order valence-electron chi connectivity index (χ2n) is 6.09. The Kier molecular flexibility index (Phi) is 3.59. The van der Waals surface area contributed by atoms with E-state index in [1.165, 1.54) is 28.2 Å². The molecule has 6 nitrogen and oxygen atoms in total. The number of ether oxygens (including phenoxy) is 1. The third-order valence-electron chi connectivity index (χ3n) is 4.57. The highest BCUT2D eigenvalue weighted by Crippen LogP contribution is 2.36. The van der Waals surface area contributed by atoms with E-state index in [1.807, 2.05) is 0 Å². The summed E-state index contributed by atoms with van der Waals surface area (Å²) in [6.45, 7) is 1.23. The van der Waals surface area contributed by atoms with Gasteiger partial charge in [0.2, 0.25) is 0 Å². The molecule has 0 saturated heterocycles. The summed E-state index contributed by atoms with van der Waals surface area (Å²) in [5.74, 6) is -0.444. The first-order chi connectivity index (χ1) is 12.6. The Morgan fingerprint density at radius 3 is 3.12 bits per heavy atom. The fourth-order valence-electron chi connectivity index (χ4n) is 3.35. The number of rotatable bonds is 2. The van der Waals surface area contributed by atoms with E-state index in [0.717, 1.165) is 27.1 Å². The van der Waals surface area contributed by atoms with Gasteiger partial charge in [-0.2, -0.15) is 9.61 Å². The van der Waals surface area contributed by atoms with Crippen molar-refractivity contribution >= 4 is 38.8 Å². The molecule has 4 aromatic rings. The maximum Gasteiger partial charge on any atom is 0.352 e. The smallest absolute Gasteiger partial charge is 0.352 e. The van der Waals surface area contributed by atoms with Crippen LogP contribution in [0.25, 0.3) is 15.9 Å². The van der Waals surface area contributed by atoms with E-state index >= 15 is 0 Å². The lowest BCUT2D eigenvalue weighted by Crippen LogP contribution is -2.28. The Bertz CT molecular complexity index is 1230. The molecular formula is C17H12ClFN4O2S. The standard InChI is InChI=1S/C17H12ClFN4O2S/c18-10-2-1-9(12(19)5-10)6-22-16-14(11-3-4-25-7-13(11)26-16)15-20-8-21-23(15)17(22)24/h1-2,5,8H,3-4,6-7H2. The van der Waals surface area contributed by atoms with Crippen molar-refractivity contribution in [3.63, 3.8) is 0 Å². The predicted molar refractivity (Wildman–Crippen MR) is 96.5 cm³/mol. The van der Waals surface area contributed by atoms with Crippen molar-refractivity contribution in [2.75, 3.05) is 6.61 Å². The van der Waals surface area contributed by atoms with E-state index in [2.05, 4.69) is 10.1 Å². The highest BCUT2D eigenvalue weighted by atomic mass is 35.5. The molecular weight excluding hydrogens is 379 g/mol. The van der Waals surface area contributed by atoms with Crippen LogP contribution in [-0.2, 0) is 24.3 Å². The van der Waals surface area contributed by atoms with Crippen LogP contribution in [0.4, 0.5) is 4.39 Å². The summed E-state index contributed by atoms with van der Waals surface area (Å²) in [5, 5.41) is 5.29. The normalized spacial score (nSPS) is 14.2. The Morgan fingerprint density at radius 1 is 1.38 bits per heavy atom. The summed E-state index contributed by atoms with van der Waals surface area (Å²) < 4.78 is 22.7. The van der Waals surface area contributed by atoms with Crippen molar-refractivity contribution < 1.29 is 9.13 Å². The molecule has 0 bridgehead atoms. The van der Waals surface area contributed by atoms with Gasteiger partial charge in [-0.25, -0.2) is 14.2 Å². The molecule has 0 unspecified atom stereocenters. The molecule has 1 aliphatic rings. The summed E-state index contributed by atoms with van der Waals surface area (Å²) in [4.78, 5) is 19.1. The van der Waals surface area contributed by atoms with Crippen molar-refractivity contribution in [1.82, 2.24) is 19.2 Å². The maximum atomic E-state index is 14.3. The minimum atomic E-state index is -0.444. The lowest BCUT2D eigenvalue weighted by molar-refractivity contribution is 0.114. The Balaban J connectivity index is 1.81. The van der Waals surface area contributed by atoms with E-state index in [-0.39, 0.29) is 12.2 Å². The number of hydrogen-bond donors (Lipinski definition) is 0. The van der Waals surface area contributed by atoms with Gasteiger partial charge in [0.15, 0.2) is 5.65 Å². The fraction of sp³-hybridized carbons (Fsp3) is 0.235. The highest BCUT2D eigenvalue weighted by molar-refractivity contribution is 7.19. The van der Waals surface area contributed by atoms with Gasteiger partial charge in [0.1, 0.15) is 17.0 Å². The summed E-state index contributed by atoms with van der Waals surface area (Å²) in [5.41, 5.74) is 1.72. The molecule has 1 aromatic carbocycles. The molecule has 3 aromatic heterocycles. The highest BCUT2D eigenvalue weighted by Gasteiger charge is 2.24. The molecule has 5 rings (SSSR count). The second-order valence-corrected chi connectivity index (χ2v) is 7.61. The van der Waals surface area contributed by atoms with Crippen LogP contribution in [0.2, 0.25) is 5.02 Å². The lowest BCUT2D eigenvalue weighted by Gasteiger charge is -2.12. The van der Waals surface area contributed by atoms with Crippen LogP contribution in [0, 0.1) is 5.82 Å². The zero-order chi connectivity index (χ0) is 17.8. The summed E-state index contributed by atoms with van der Waals surface area (Å²) in [6.07, 6.45) is 2.12. The fourth-order valence-corrected chi connectivity index (χ4v) is 4.78. The number of nitrogens with zero attached hydrogens (tertiary/aromatic N) is 4. The summed E-state index contributed by atoms with van der Waals surface area (Å²) in [6, 6.07) is 4.46. The third-order valence-corrected chi connectivity index (χ3v) is 6.04. The van der Waals surface area contributed by atoms with Crippen molar-refractivity contribution in [2.24, 2.45) is 0 Å². The van der Waals surface area contributed by atoms with Crippen molar-refractivity contribution in [3.8, 4) is 0 Å². The van der Waals surface area contributed by atoms with Crippen molar-refractivity contribution in [1.29, 1.82) is 0 Å². The van der Waals surface area contributed by atoms with Crippen LogP contribution in [0.15, 0.2) is 29.3 Å². The second kappa shape index (κ2) is 5.87. The van der Waals surface area contributed by atoms with Crippen molar-refractivity contribution in [3.05, 3.63) is 61.9 Å². The molecule has 0 atom stereocenters. The first kappa shape index (κ1) is 15.9. The van der Waals surface area contributed by atoms with Crippen LogP contribution in [0.3, 0.4) is 0 Å². The first-order valence-electron chi connectivity index (χ1n) is 8.02. The molecule has 0 spiro atoms. The minimum absolute atomic E-state index is 0.0917. The molecule has 0 N–H and O–H groups in total. The Labute approximate surface area is 155 Å². The van der Waals surface area contributed by atoms with Gasteiger partial charge in [-0.3, -0.25) is 4.57 Å². The van der Waals surface area contributed by atoms with E-state index in [0.29, 0.717) is 29.4 Å². The average molecular weight is 391 g/mol. The van der Waals surface area contributed by atoms with Gasteiger partial charge in [0, 0.05) is 15.5 Å². The maximum absolute atomic E-state index is 14.3. The summed E-state index contributed by atoms with van der Waals surface area (Å²) in [7, 11) is 0. The third kappa shape index (κ3) is 2.29. The Morgan fingerprint density at radius 2 is 2.27 bits per heavy atom. The van der Waals surface area contributed by atoms with Crippen LogP contribution in [0.5, 0.6) is 0 Å². The summed E-state index contributed by atoms with van der Waals surface area (Å²) >= 11 is 7.33. The quantitative estimate of drug-likeness (QED) is 0.528. The van der Waals surface area contributed by atoms with Gasteiger partial charge in [0.05, 0.1) is 25.1 Å². The molecule has 0 aliphatic carbocycles. The minimum Gasteiger partial charge on any atom is -0.376 e. The largest absolute Gasteiger partial charge is 0.376 e. The van der Waals surface area contributed by atoms with Crippen LogP contribution < -0.4 is 5.69 Å². The first-order valence-corrected chi connectivity index (χ1v) is 9.21. The molecule has 9 heteroatoms. The van der Waals surface area contributed by atoms with Crippen LogP contribution >= 0.6 is 22.9 Å². The van der Waals surface area contributed by atoms with Gasteiger partial charge in [-0.05, 0) is 24.1 Å².